The molecule has 1 aromatic heterocycles. The summed E-state index contributed by atoms with van der Waals surface area (Å²) in [6.07, 6.45) is 1.85. The molecule has 84 valence electrons. The molecule has 0 saturated heterocycles. The molecule has 0 unspecified atom stereocenters. The number of hydrogen-bond acceptors (Lipinski definition) is 2. The first-order valence-electron chi connectivity index (χ1n) is 5.16. The van der Waals surface area contributed by atoms with Crippen molar-refractivity contribution in [1.82, 2.24) is 0 Å². The highest BCUT2D eigenvalue weighted by Gasteiger charge is 2.14. The molecule has 0 N–H and O–H groups in total. The van der Waals surface area contributed by atoms with Gasteiger partial charge in [0.2, 0.25) is 5.24 Å². The lowest BCUT2D eigenvalue weighted by Crippen LogP contribution is -1.93. The molecule has 0 spiro atoms. The van der Waals surface area contributed by atoms with Crippen LogP contribution in [0.4, 0.5) is 0 Å². The molecular weight excluding hydrogens is 224 g/mol. The summed E-state index contributed by atoms with van der Waals surface area (Å²) in [7, 11) is 0. The Balaban J connectivity index is 2.72. The first kappa shape index (κ1) is 11.2. The fraction of sp³-hybridized carbons (Fsp3) is 0.308. The normalized spacial score (nSPS) is 11.0. The second-order valence-electron chi connectivity index (χ2n) is 4.13. The zero-order chi connectivity index (χ0) is 11.9. The molecule has 1 aromatic carbocycles. The Kier molecular flexibility index (Phi) is 2.76. The van der Waals surface area contributed by atoms with Gasteiger partial charge in [0, 0.05) is 10.9 Å². The van der Waals surface area contributed by atoms with E-state index in [-0.39, 0.29) is 11.7 Å². The average Bonchev–Trinajstić information content (AvgIpc) is 2.58. The zero-order valence-corrected chi connectivity index (χ0v) is 10.3. The Labute approximate surface area is 99.2 Å². The standard InChI is InChI=1S/C13H13ClO2/c1-7-4-8(2)12-10(5-11(14)15)6-16-13(12)9(7)3/h4,6H,5H2,1-3H3. The molecule has 0 bridgehead atoms. The molecule has 2 nitrogen and oxygen atoms in total. The highest BCUT2D eigenvalue weighted by molar-refractivity contribution is 6.63. The second kappa shape index (κ2) is 3.95. The maximum absolute atomic E-state index is 10.9. The highest BCUT2D eigenvalue weighted by Crippen LogP contribution is 2.30. The molecule has 2 rings (SSSR count). The Bertz CT molecular complexity index is 567. The quantitative estimate of drug-likeness (QED) is 0.745. The summed E-state index contributed by atoms with van der Waals surface area (Å²) in [4.78, 5) is 10.9. The van der Waals surface area contributed by atoms with Gasteiger partial charge in [-0.15, -0.1) is 0 Å². The van der Waals surface area contributed by atoms with E-state index in [4.69, 9.17) is 16.0 Å². The number of benzene rings is 1. The topological polar surface area (TPSA) is 30.2 Å². The largest absolute Gasteiger partial charge is 0.464 e. The maximum Gasteiger partial charge on any atom is 0.226 e. The van der Waals surface area contributed by atoms with Crippen LogP contribution in [-0.2, 0) is 11.2 Å². The Morgan fingerprint density at radius 2 is 2.00 bits per heavy atom. The summed E-state index contributed by atoms with van der Waals surface area (Å²) in [5.74, 6) is 0. The van der Waals surface area contributed by atoms with Crippen molar-refractivity contribution in [3.63, 3.8) is 0 Å². The summed E-state index contributed by atoms with van der Waals surface area (Å²) in [5.41, 5.74) is 5.18. The minimum absolute atomic E-state index is 0.220. The van der Waals surface area contributed by atoms with Crippen molar-refractivity contribution < 1.29 is 9.21 Å². The first-order valence-corrected chi connectivity index (χ1v) is 5.53. The van der Waals surface area contributed by atoms with Gasteiger partial charge in [0.05, 0.1) is 12.7 Å². The highest BCUT2D eigenvalue weighted by atomic mass is 35.5. The van der Waals surface area contributed by atoms with Crippen LogP contribution in [0.3, 0.4) is 0 Å². The van der Waals surface area contributed by atoms with Gasteiger partial charge in [0.15, 0.2) is 0 Å². The van der Waals surface area contributed by atoms with E-state index in [1.54, 1.807) is 6.26 Å². The van der Waals surface area contributed by atoms with E-state index in [0.717, 1.165) is 27.7 Å². The van der Waals surface area contributed by atoms with Crippen LogP contribution in [0.1, 0.15) is 22.3 Å². The van der Waals surface area contributed by atoms with Crippen molar-refractivity contribution in [3.05, 3.63) is 34.6 Å². The fourth-order valence-electron chi connectivity index (χ4n) is 2.07. The van der Waals surface area contributed by atoms with Crippen LogP contribution in [0.15, 0.2) is 16.7 Å². The lowest BCUT2D eigenvalue weighted by Gasteiger charge is -2.04. The first-order chi connectivity index (χ1) is 7.50. The molecule has 0 amide bonds. The van der Waals surface area contributed by atoms with E-state index in [1.807, 2.05) is 13.8 Å². The third-order valence-electron chi connectivity index (χ3n) is 2.96. The van der Waals surface area contributed by atoms with Crippen LogP contribution >= 0.6 is 11.6 Å². The molecule has 0 saturated carbocycles. The van der Waals surface area contributed by atoms with Gasteiger partial charge in [-0.3, -0.25) is 4.79 Å². The van der Waals surface area contributed by atoms with E-state index in [1.165, 1.54) is 5.56 Å². The minimum Gasteiger partial charge on any atom is -0.464 e. The molecule has 0 aliphatic heterocycles. The number of aryl methyl sites for hydroxylation is 3. The van der Waals surface area contributed by atoms with Crippen molar-refractivity contribution in [3.8, 4) is 0 Å². The van der Waals surface area contributed by atoms with E-state index in [9.17, 15) is 4.79 Å². The lowest BCUT2D eigenvalue weighted by atomic mass is 9.99. The monoisotopic (exact) mass is 236 g/mol. The van der Waals surface area contributed by atoms with Crippen LogP contribution in [0.2, 0.25) is 0 Å². The van der Waals surface area contributed by atoms with Crippen LogP contribution < -0.4 is 0 Å². The number of rotatable bonds is 2. The van der Waals surface area contributed by atoms with Crippen molar-refractivity contribution in [2.24, 2.45) is 0 Å². The molecule has 3 heteroatoms. The van der Waals surface area contributed by atoms with Gasteiger partial charge in [-0.05, 0) is 49.1 Å². The van der Waals surface area contributed by atoms with Gasteiger partial charge in [-0.25, -0.2) is 0 Å². The predicted molar refractivity (Wildman–Crippen MR) is 65.0 cm³/mol. The number of fused-ring (bicyclic) bond motifs is 1. The lowest BCUT2D eigenvalue weighted by molar-refractivity contribution is -0.111. The van der Waals surface area contributed by atoms with Crippen molar-refractivity contribution >= 4 is 27.8 Å². The van der Waals surface area contributed by atoms with Gasteiger partial charge in [0.25, 0.3) is 0 Å². The summed E-state index contributed by atoms with van der Waals surface area (Å²) < 4.78 is 5.53. The summed E-state index contributed by atoms with van der Waals surface area (Å²) in [5, 5.41) is 0.664. The van der Waals surface area contributed by atoms with Gasteiger partial charge < -0.3 is 4.42 Å². The van der Waals surface area contributed by atoms with Gasteiger partial charge in [-0.2, -0.15) is 0 Å². The van der Waals surface area contributed by atoms with E-state index in [0.29, 0.717) is 0 Å². The number of hydrogen-bond donors (Lipinski definition) is 0. The molecule has 0 radical (unpaired) electrons. The van der Waals surface area contributed by atoms with Crippen molar-refractivity contribution in [2.45, 2.75) is 27.2 Å². The van der Waals surface area contributed by atoms with Crippen LogP contribution in [-0.4, -0.2) is 5.24 Å². The van der Waals surface area contributed by atoms with Crippen molar-refractivity contribution in [2.75, 3.05) is 0 Å². The van der Waals surface area contributed by atoms with E-state index < -0.39 is 0 Å². The summed E-state index contributed by atoms with van der Waals surface area (Å²) in [6.45, 7) is 6.09. The van der Waals surface area contributed by atoms with E-state index in [2.05, 4.69) is 13.0 Å². The van der Waals surface area contributed by atoms with Crippen LogP contribution in [0.25, 0.3) is 11.0 Å². The SMILES string of the molecule is Cc1cc(C)c2c(CC(=O)Cl)coc2c1C. The fourth-order valence-corrected chi connectivity index (χ4v) is 2.21. The van der Waals surface area contributed by atoms with Crippen LogP contribution in [0, 0.1) is 20.8 Å². The number of halogens is 1. The Morgan fingerprint density at radius 1 is 1.31 bits per heavy atom. The maximum atomic E-state index is 10.9. The molecule has 0 aliphatic carbocycles. The van der Waals surface area contributed by atoms with E-state index >= 15 is 0 Å². The number of furan rings is 1. The molecular formula is C13H13ClO2. The minimum atomic E-state index is -0.361. The molecule has 0 aliphatic rings. The van der Waals surface area contributed by atoms with Gasteiger partial charge in [-0.1, -0.05) is 6.07 Å². The Hall–Kier alpha value is -1.28. The number of carbonyl (C=O) groups is 1. The summed E-state index contributed by atoms with van der Waals surface area (Å²) >= 11 is 5.41. The Morgan fingerprint density at radius 3 is 2.62 bits per heavy atom. The summed E-state index contributed by atoms with van der Waals surface area (Å²) in [6, 6.07) is 2.11. The smallest absolute Gasteiger partial charge is 0.226 e. The predicted octanol–water partition coefficient (Wildman–Crippen LogP) is 3.67. The molecule has 1 heterocycles. The third-order valence-corrected chi connectivity index (χ3v) is 3.09. The molecule has 2 aromatic rings. The molecule has 16 heavy (non-hydrogen) atoms. The van der Waals surface area contributed by atoms with Crippen molar-refractivity contribution in [1.29, 1.82) is 0 Å². The van der Waals surface area contributed by atoms with Gasteiger partial charge in [0.1, 0.15) is 5.58 Å². The zero-order valence-electron chi connectivity index (χ0n) is 9.56. The van der Waals surface area contributed by atoms with Crippen LogP contribution in [0.5, 0.6) is 0 Å². The molecule has 0 atom stereocenters. The third kappa shape index (κ3) is 1.74. The average molecular weight is 237 g/mol. The number of carbonyl (C=O) groups excluding carboxylic acids is 1. The van der Waals surface area contributed by atoms with Gasteiger partial charge >= 0.3 is 0 Å². The second-order valence-corrected chi connectivity index (χ2v) is 4.55. The molecule has 0 fully saturated rings.